The Morgan fingerprint density at radius 1 is 1.11 bits per heavy atom. The van der Waals surface area contributed by atoms with Crippen molar-refractivity contribution in [1.82, 2.24) is 15.1 Å². The maximum absolute atomic E-state index is 13.8. The summed E-state index contributed by atoms with van der Waals surface area (Å²) in [4.78, 5) is 43.5. The molecule has 4 atom stereocenters. The summed E-state index contributed by atoms with van der Waals surface area (Å²) < 4.78 is 5.12. The van der Waals surface area contributed by atoms with Gasteiger partial charge in [0, 0.05) is 25.2 Å². The van der Waals surface area contributed by atoms with Crippen LogP contribution in [0, 0.1) is 17.3 Å². The van der Waals surface area contributed by atoms with Gasteiger partial charge in [-0.1, -0.05) is 54.0 Å². The van der Waals surface area contributed by atoms with E-state index in [9.17, 15) is 14.4 Å². The Bertz CT molecular complexity index is 754. The predicted octanol–water partition coefficient (Wildman–Crippen LogP) is 4.41. The molecule has 7 heteroatoms. The van der Waals surface area contributed by atoms with Crippen molar-refractivity contribution in [3.05, 3.63) is 11.6 Å². The second kappa shape index (κ2) is 13.4. The summed E-state index contributed by atoms with van der Waals surface area (Å²) in [5.41, 5.74) is -0.00655. The van der Waals surface area contributed by atoms with E-state index < -0.39 is 11.5 Å². The number of hydrogen-bond acceptors (Lipinski definition) is 5. The highest BCUT2D eigenvalue weighted by Gasteiger charge is 2.40. The third-order valence-corrected chi connectivity index (χ3v) is 7.16. The molecule has 1 aliphatic heterocycles. The zero-order valence-electron chi connectivity index (χ0n) is 24.1. The van der Waals surface area contributed by atoms with Crippen LogP contribution in [0.4, 0.5) is 0 Å². The zero-order chi connectivity index (χ0) is 27.1. The number of carbonyl (C=O) groups is 3. The lowest BCUT2D eigenvalue weighted by Crippen LogP contribution is -2.61. The first-order chi connectivity index (χ1) is 16.1. The second-order valence-corrected chi connectivity index (χ2v) is 11.7. The van der Waals surface area contributed by atoms with Gasteiger partial charge in [0.2, 0.25) is 11.8 Å². The van der Waals surface area contributed by atoms with Crippen LogP contribution in [-0.4, -0.2) is 72.0 Å². The van der Waals surface area contributed by atoms with Gasteiger partial charge < -0.3 is 15.0 Å². The highest BCUT2D eigenvalue weighted by Crippen LogP contribution is 2.28. The van der Waals surface area contributed by atoms with Crippen molar-refractivity contribution in [2.24, 2.45) is 17.3 Å². The molecule has 0 bridgehead atoms. The number of rotatable bonds is 10. The zero-order valence-corrected chi connectivity index (χ0v) is 24.1. The van der Waals surface area contributed by atoms with Crippen molar-refractivity contribution in [2.75, 3.05) is 20.2 Å². The number of nitrogens with one attached hydrogen (secondary N) is 1. The maximum atomic E-state index is 13.8. The first-order valence-corrected chi connectivity index (χ1v) is 13.3. The lowest BCUT2D eigenvalue weighted by atomic mass is 9.84. The number of piperidine rings is 1. The Labute approximate surface area is 214 Å². The number of carbonyl (C=O) groups excluding carboxylic acids is 3. The normalized spacial score (nSPS) is 21.6. The van der Waals surface area contributed by atoms with E-state index in [4.69, 9.17) is 4.74 Å². The topological polar surface area (TPSA) is 79.0 Å². The molecular formula is C28H51N3O4. The minimum Gasteiger partial charge on any atom is -0.463 e. The van der Waals surface area contributed by atoms with Crippen molar-refractivity contribution in [1.29, 1.82) is 0 Å². The summed E-state index contributed by atoms with van der Waals surface area (Å²) in [6.45, 7) is 21.1. The SMILES string of the molecule is CCOC(=O)/C(C)=C/[C@H](C(C)C)N(C)C(=O)C(NC(=O)C1CCC(CC)CN1C(C)C)C(C)(C)C. The Morgan fingerprint density at radius 2 is 1.71 bits per heavy atom. The van der Waals surface area contributed by atoms with Crippen molar-refractivity contribution in [3.8, 4) is 0 Å². The van der Waals surface area contributed by atoms with Crippen LogP contribution in [0.25, 0.3) is 0 Å². The largest absolute Gasteiger partial charge is 0.463 e. The molecule has 1 aliphatic rings. The molecule has 0 aromatic heterocycles. The fraction of sp³-hybridized carbons (Fsp3) is 0.821. The van der Waals surface area contributed by atoms with Gasteiger partial charge in [-0.2, -0.15) is 0 Å². The van der Waals surface area contributed by atoms with Crippen molar-refractivity contribution in [2.45, 2.75) is 113 Å². The van der Waals surface area contributed by atoms with Gasteiger partial charge in [-0.05, 0) is 57.8 Å². The lowest BCUT2D eigenvalue weighted by molar-refractivity contribution is -0.142. The average Bonchev–Trinajstić information content (AvgIpc) is 2.78. The van der Waals surface area contributed by atoms with Crippen LogP contribution < -0.4 is 5.32 Å². The van der Waals surface area contributed by atoms with Gasteiger partial charge >= 0.3 is 5.97 Å². The first kappa shape index (κ1) is 31.1. The van der Waals surface area contributed by atoms with Gasteiger partial charge in [0.05, 0.1) is 18.7 Å². The predicted molar refractivity (Wildman–Crippen MR) is 142 cm³/mol. The number of likely N-dealkylation sites (N-methyl/N-ethyl adjacent to an activating group) is 1. The van der Waals surface area contributed by atoms with E-state index in [2.05, 4.69) is 31.0 Å². The van der Waals surface area contributed by atoms with Gasteiger partial charge in [-0.15, -0.1) is 0 Å². The molecule has 0 radical (unpaired) electrons. The van der Waals surface area contributed by atoms with E-state index in [-0.39, 0.29) is 41.8 Å². The minimum absolute atomic E-state index is 0.0744. The molecule has 7 nitrogen and oxygen atoms in total. The quantitative estimate of drug-likeness (QED) is 0.360. The maximum Gasteiger partial charge on any atom is 0.333 e. The second-order valence-electron chi connectivity index (χ2n) is 11.7. The molecule has 0 aromatic carbocycles. The summed E-state index contributed by atoms with van der Waals surface area (Å²) >= 11 is 0. The molecular weight excluding hydrogens is 442 g/mol. The fourth-order valence-corrected chi connectivity index (χ4v) is 4.82. The smallest absolute Gasteiger partial charge is 0.333 e. The van der Waals surface area contributed by atoms with Crippen LogP contribution in [0.5, 0.6) is 0 Å². The van der Waals surface area contributed by atoms with Crippen molar-refractivity contribution in [3.63, 3.8) is 0 Å². The Kier molecular flexibility index (Phi) is 11.9. The van der Waals surface area contributed by atoms with E-state index in [1.165, 1.54) is 0 Å². The number of esters is 1. The molecule has 0 saturated carbocycles. The number of hydrogen-bond donors (Lipinski definition) is 1. The highest BCUT2D eigenvalue weighted by atomic mass is 16.5. The lowest BCUT2D eigenvalue weighted by Gasteiger charge is -2.43. The summed E-state index contributed by atoms with van der Waals surface area (Å²) in [5.74, 6) is 0.0699. The Morgan fingerprint density at radius 3 is 2.17 bits per heavy atom. The molecule has 0 aliphatic carbocycles. The number of ether oxygens (including phenoxy) is 1. The van der Waals surface area contributed by atoms with Crippen molar-refractivity contribution >= 4 is 17.8 Å². The van der Waals surface area contributed by atoms with Crippen LogP contribution in [-0.2, 0) is 19.1 Å². The van der Waals surface area contributed by atoms with Gasteiger partial charge in [-0.25, -0.2) is 4.79 Å². The third-order valence-electron chi connectivity index (χ3n) is 7.16. The van der Waals surface area contributed by atoms with E-state index in [0.29, 0.717) is 18.1 Å². The molecule has 0 spiro atoms. The van der Waals surface area contributed by atoms with E-state index in [1.54, 1.807) is 31.9 Å². The van der Waals surface area contributed by atoms with E-state index in [0.717, 1.165) is 25.8 Å². The first-order valence-electron chi connectivity index (χ1n) is 13.3. The Hall–Kier alpha value is -1.89. The standard InChI is InChI=1S/C28H51N3O4/c1-12-21-14-15-22(31(17-21)19(5)6)25(32)29-24(28(8,9)10)26(33)30(11)23(18(3)4)16-20(7)27(34)35-13-2/h16,18-19,21-24H,12-15,17H2,1-11H3,(H,29,32)/b20-16+/t21?,22?,23-,24?/m1/s1. The monoisotopic (exact) mass is 493 g/mol. The van der Waals surface area contributed by atoms with Crippen molar-refractivity contribution < 1.29 is 19.1 Å². The summed E-state index contributed by atoms with van der Waals surface area (Å²) in [6, 6.07) is -0.961. The molecule has 3 unspecified atom stereocenters. The summed E-state index contributed by atoms with van der Waals surface area (Å²) in [5, 5.41) is 3.13. The van der Waals surface area contributed by atoms with Crippen LogP contribution in [0.2, 0.25) is 0 Å². The molecule has 35 heavy (non-hydrogen) atoms. The van der Waals surface area contributed by atoms with Crippen LogP contribution >= 0.6 is 0 Å². The molecule has 202 valence electrons. The number of nitrogens with zero attached hydrogens (tertiary/aromatic N) is 2. The van der Waals surface area contributed by atoms with Gasteiger partial charge in [0.1, 0.15) is 6.04 Å². The van der Waals surface area contributed by atoms with Gasteiger partial charge in [0.15, 0.2) is 0 Å². The van der Waals surface area contributed by atoms with Crippen LogP contribution in [0.3, 0.4) is 0 Å². The van der Waals surface area contributed by atoms with Crippen LogP contribution in [0.1, 0.15) is 88.5 Å². The minimum atomic E-state index is -0.685. The van der Waals surface area contributed by atoms with Gasteiger partial charge in [0.25, 0.3) is 0 Å². The average molecular weight is 494 g/mol. The summed E-state index contributed by atoms with van der Waals surface area (Å²) in [7, 11) is 1.75. The van der Waals surface area contributed by atoms with E-state index in [1.807, 2.05) is 34.6 Å². The fourth-order valence-electron chi connectivity index (χ4n) is 4.82. The van der Waals surface area contributed by atoms with Crippen LogP contribution in [0.15, 0.2) is 11.6 Å². The molecule has 1 rings (SSSR count). The molecule has 1 saturated heterocycles. The number of likely N-dealkylation sites (tertiary alicyclic amines) is 1. The molecule has 1 fully saturated rings. The van der Waals surface area contributed by atoms with Gasteiger partial charge in [-0.3, -0.25) is 14.5 Å². The molecule has 1 heterocycles. The molecule has 0 aromatic rings. The Balaban J connectivity index is 3.17. The van der Waals surface area contributed by atoms with E-state index >= 15 is 0 Å². The third kappa shape index (κ3) is 8.62. The highest BCUT2D eigenvalue weighted by molar-refractivity contribution is 5.91. The number of amides is 2. The molecule has 1 N–H and O–H groups in total. The summed E-state index contributed by atoms with van der Waals surface area (Å²) in [6.07, 6.45) is 4.74. The molecule has 2 amide bonds.